The highest BCUT2D eigenvalue weighted by atomic mass is 17.2. The molecule has 3 aromatic rings. The van der Waals surface area contributed by atoms with Gasteiger partial charge in [-0.15, -0.1) is 0 Å². The van der Waals surface area contributed by atoms with Crippen molar-refractivity contribution in [3.63, 3.8) is 0 Å². The normalized spacial score (nSPS) is 16.8. The van der Waals surface area contributed by atoms with E-state index in [0.717, 1.165) is 5.75 Å². The van der Waals surface area contributed by atoms with Gasteiger partial charge in [-0.05, 0) is 28.3 Å². The van der Waals surface area contributed by atoms with E-state index >= 15 is 0 Å². The van der Waals surface area contributed by atoms with Crippen LogP contribution < -0.4 is 4.89 Å². The highest BCUT2D eigenvalue weighted by Gasteiger charge is 2.38. The SMILES string of the molecule is CC1COOc2ccc(C(C)(C)c3ccccc3)c1c2C(C)(C)c1ccccc1. The predicted octanol–water partition coefficient (Wildman–Crippen LogP) is 6.77. The highest BCUT2D eigenvalue weighted by Crippen LogP contribution is 2.48. The van der Waals surface area contributed by atoms with Gasteiger partial charge in [-0.25, -0.2) is 0 Å². The lowest BCUT2D eigenvalue weighted by Crippen LogP contribution is -2.27. The third-order valence-corrected chi connectivity index (χ3v) is 6.46. The third kappa shape index (κ3) is 3.36. The molecule has 0 radical (unpaired) electrons. The predicted molar refractivity (Wildman–Crippen MR) is 119 cm³/mol. The first-order valence-corrected chi connectivity index (χ1v) is 10.4. The minimum Gasteiger partial charge on any atom is -0.337 e. The molecule has 0 saturated carbocycles. The molecular weight excluding hydrogens is 356 g/mol. The van der Waals surface area contributed by atoms with E-state index in [4.69, 9.17) is 9.78 Å². The van der Waals surface area contributed by atoms with Crippen LogP contribution in [0.15, 0.2) is 72.8 Å². The summed E-state index contributed by atoms with van der Waals surface area (Å²) in [6.45, 7) is 12.0. The average Bonchev–Trinajstić information content (AvgIpc) is 2.84. The lowest BCUT2D eigenvalue weighted by molar-refractivity contribution is -0.207. The van der Waals surface area contributed by atoms with E-state index in [9.17, 15) is 0 Å². The first-order valence-electron chi connectivity index (χ1n) is 10.4. The molecule has 1 unspecified atom stereocenters. The molecular formula is C27H30O2. The van der Waals surface area contributed by atoms with Crippen LogP contribution in [0.1, 0.15) is 68.4 Å². The standard InChI is InChI=1S/C27H30O2/c1-19-18-28-29-23-17-16-22(26(2,3)20-12-8-6-9-13-20)24(19)25(23)27(4,5)21-14-10-7-11-15-21/h6-17,19H,18H2,1-5H3. The number of fused-ring (bicyclic) bond motifs is 2. The van der Waals surface area contributed by atoms with Crippen molar-refractivity contribution < 1.29 is 9.78 Å². The number of hydrogen-bond acceptors (Lipinski definition) is 2. The molecule has 150 valence electrons. The van der Waals surface area contributed by atoms with Gasteiger partial charge in [-0.1, -0.05) is 101 Å². The van der Waals surface area contributed by atoms with E-state index in [2.05, 4.69) is 107 Å². The van der Waals surface area contributed by atoms with Crippen molar-refractivity contribution in [1.82, 2.24) is 0 Å². The average molecular weight is 387 g/mol. The lowest BCUT2D eigenvalue weighted by Gasteiger charge is -2.35. The second-order valence-electron chi connectivity index (χ2n) is 9.15. The molecule has 0 N–H and O–H groups in total. The molecule has 0 fully saturated rings. The van der Waals surface area contributed by atoms with Gasteiger partial charge in [0.2, 0.25) is 0 Å². The molecule has 2 bridgehead atoms. The van der Waals surface area contributed by atoms with Gasteiger partial charge in [-0.3, -0.25) is 0 Å². The van der Waals surface area contributed by atoms with Crippen LogP contribution in [0.2, 0.25) is 0 Å². The molecule has 0 spiro atoms. The monoisotopic (exact) mass is 386 g/mol. The fourth-order valence-corrected chi connectivity index (χ4v) is 4.66. The Bertz CT molecular complexity index is 988. The first kappa shape index (κ1) is 19.7. The summed E-state index contributed by atoms with van der Waals surface area (Å²) >= 11 is 0. The molecule has 1 heterocycles. The van der Waals surface area contributed by atoms with Gasteiger partial charge < -0.3 is 4.89 Å². The van der Waals surface area contributed by atoms with Crippen LogP contribution in [0.3, 0.4) is 0 Å². The van der Waals surface area contributed by atoms with Crippen molar-refractivity contribution in [2.45, 2.75) is 51.4 Å². The van der Waals surface area contributed by atoms with Gasteiger partial charge >= 0.3 is 0 Å². The largest absolute Gasteiger partial charge is 0.337 e. The van der Waals surface area contributed by atoms with Crippen molar-refractivity contribution in [1.29, 1.82) is 0 Å². The Balaban J connectivity index is 1.99. The maximum atomic E-state index is 5.79. The van der Waals surface area contributed by atoms with Crippen molar-refractivity contribution >= 4 is 0 Å². The van der Waals surface area contributed by atoms with Crippen LogP contribution in [-0.4, -0.2) is 6.61 Å². The highest BCUT2D eigenvalue weighted by molar-refractivity contribution is 5.58. The molecule has 0 aliphatic carbocycles. The number of hydrogen-bond donors (Lipinski definition) is 0. The van der Waals surface area contributed by atoms with E-state index in [1.807, 2.05) is 0 Å². The van der Waals surface area contributed by atoms with Crippen molar-refractivity contribution in [3.8, 4) is 5.75 Å². The maximum absolute atomic E-state index is 5.79. The van der Waals surface area contributed by atoms with Crippen LogP contribution in [-0.2, 0) is 15.7 Å². The molecule has 2 heteroatoms. The number of rotatable bonds is 4. The molecule has 3 aromatic carbocycles. The van der Waals surface area contributed by atoms with Gasteiger partial charge in [0.1, 0.15) is 6.61 Å². The van der Waals surface area contributed by atoms with Crippen molar-refractivity contribution in [3.05, 3.63) is 101 Å². The summed E-state index contributed by atoms with van der Waals surface area (Å²) in [6.07, 6.45) is 0. The van der Waals surface area contributed by atoms with E-state index in [1.165, 1.54) is 27.8 Å². The second-order valence-corrected chi connectivity index (χ2v) is 9.15. The Labute approximate surface area is 174 Å². The zero-order chi connectivity index (χ0) is 20.6. The van der Waals surface area contributed by atoms with Crippen molar-refractivity contribution in [2.24, 2.45) is 0 Å². The first-order chi connectivity index (χ1) is 13.8. The molecule has 0 amide bonds. The topological polar surface area (TPSA) is 18.5 Å². The molecule has 0 saturated heterocycles. The molecule has 2 nitrogen and oxygen atoms in total. The van der Waals surface area contributed by atoms with Gasteiger partial charge in [0.15, 0.2) is 5.75 Å². The summed E-state index contributed by atoms with van der Waals surface area (Å²) in [5, 5.41) is 0. The Kier molecular flexibility index (Phi) is 5.00. The molecule has 0 aromatic heterocycles. The summed E-state index contributed by atoms with van der Waals surface area (Å²) in [5.74, 6) is 1.05. The zero-order valence-electron chi connectivity index (χ0n) is 18.0. The molecule has 4 rings (SSSR count). The van der Waals surface area contributed by atoms with Crippen LogP contribution in [0.4, 0.5) is 0 Å². The minimum atomic E-state index is -0.212. The van der Waals surface area contributed by atoms with Crippen molar-refractivity contribution in [2.75, 3.05) is 6.61 Å². The number of benzene rings is 3. The zero-order valence-corrected chi connectivity index (χ0v) is 18.0. The van der Waals surface area contributed by atoms with E-state index in [-0.39, 0.29) is 16.7 Å². The molecule has 1 atom stereocenters. The summed E-state index contributed by atoms with van der Waals surface area (Å²) < 4.78 is 0. The van der Waals surface area contributed by atoms with E-state index in [1.54, 1.807) is 0 Å². The Morgan fingerprint density at radius 1 is 0.724 bits per heavy atom. The van der Waals surface area contributed by atoms with Crippen LogP contribution in [0, 0.1) is 0 Å². The molecule has 29 heavy (non-hydrogen) atoms. The Morgan fingerprint density at radius 2 is 1.28 bits per heavy atom. The summed E-state index contributed by atoms with van der Waals surface area (Å²) in [5.41, 5.74) is 6.16. The lowest BCUT2D eigenvalue weighted by atomic mass is 9.67. The second kappa shape index (κ2) is 7.35. The molecule has 1 aliphatic rings. The van der Waals surface area contributed by atoms with E-state index < -0.39 is 0 Å². The van der Waals surface area contributed by atoms with Gasteiger partial charge in [0, 0.05) is 22.3 Å². The quantitative estimate of drug-likeness (QED) is 0.461. The fourth-order valence-electron chi connectivity index (χ4n) is 4.66. The van der Waals surface area contributed by atoms with Crippen LogP contribution in [0.25, 0.3) is 0 Å². The third-order valence-electron chi connectivity index (χ3n) is 6.46. The van der Waals surface area contributed by atoms with Crippen LogP contribution in [0.5, 0.6) is 5.75 Å². The van der Waals surface area contributed by atoms with Crippen LogP contribution >= 0.6 is 0 Å². The van der Waals surface area contributed by atoms with E-state index in [0.29, 0.717) is 6.61 Å². The van der Waals surface area contributed by atoms with Gasteiger partial charge in [0.25, 0.3) is 0 Å². The summed E-state index contributed by atoms with van der Waals surface area (Å²) in [7, 11) is 0. The molecule has 1 aliphatic heterocycles. The Morgan fingerprint density at radius 3 is 1.86 bits per heavy atom. The minimum absolute atomic E-state index is 0.130. The fraction of sp³-hybridized carbons (Fsp3) is 0.333. The summed E-state index contributed by atoms with van der Waals surface area (Å²) in [4.78, 5) is 11.4. The Hall–Kier alpha value is -2.58. The van der Waals surface area contributed by atoms with Gasteiger partial charge in [-0.2, -0.15) is 4.89 Å². The summed E-state index contributed by atoms with van der Waals surface area (Å²) in [6, 6.07) is 25.7. The maximum Gasteiger partial charge on any atom is 0.169 e. The van der Waals surface area contributed by atoms with Gasteiger partial charge in [0.05, 0.1) is 0 Å². The smallest absolute Gasteiger partial charge is 0.169 e.